The standard InChI is InChI=1S/C12H14N4/c13-9-1-7(2-10(14)5-9)8-3-11(15)6-12(16)4-8/h1-6H,13-16H2. The molecule has 2 aromatic carbocycles. The van der Waals surface area contributed by atoms with Crippen molar-refractivity contribution in [1.82, 2.24) is 0 Å². The molecule has 0 aliphatic heterocycles. The zero-order chi connectivity index (χ0) is 11.7. The van der Waals surface area contributed by atoms with Crippen molar-refractivity contribution in [1.29, 1.82) is 0 Å². The van der Waals surface area contributed by atoms with Gasteiger partial charge in [-0.3, -0.25) is 0 Å². The topological polar surface area (TPSA) is 104 Å². The third-order valence-corrected chi connectivity index (χ3v) is 2.29. The number of hydrogen-bond donors (Lipinski definition) is 4. The number of nitrogen functional groups attached to an aromatic ring is 4. The zero-order valence-corrected chi connectivity index (χ0v) is 8.77. The maximum atomic E-state index is 5.73. The number of benzene rings is 2. The number of anilines is 4. The fourth-order valence-electron chi connectivity index (χ4n) is 1.69. The third kappa shape index (κ3) is 2.00. The normalized spacial score (nSPS) is 10.2. The molecule has 0 amide bonds. The van der Waals surface area contributed by atoms with E-state index in [0.29, 0.717) is 22.7 Å². The Morgan fingerprint density at radius 1 is 0.438 bits per heavy atom. The van der Waals surface area contributed by atoms with E-state index in [2.05, 4.69) is 0 Å². The fourth-order valence-corrected chi connectivity index (χ4v) is 1.69. The molecule has 0 aliphatic carbocycles. The van der Waals surface area contributed by atoms with Crippen LogP contribution in [0.1, 0.15) is 0 Å². The van der Waals surface area contributed by atoms with E-state index in [4.69, 9.17) is 22.9 Å². The number of nitrogens with two attached hydrogens (primary N) is 4. The third-order valence-electron chi connectivity index (χ3n) is 2.29. The van der Waals surface area contributed by atoms with E-state index < -0.39 is 0 Å². The number of hydrogen-bond acceptors (Lipinski definition) is 4. The molecule has 2 aromatic rings. The van der Waals surface area contributed by atoms with Crippen LogP contribution in [0.4, 0.5) is 22.7 Å². The summed E-state index contributed by atoms with van der Waals surface area (Å²) in [6.45, 7) is 0. The molecule has 0 aromatic heterocycles. The van der Waals surface area contributed by atoms with Gasteiger partial charge in [0, 0.05) is 22.7 Å². The second-order valence-corrected chi connectivity index (χ2v) is 3.78. The van der Waals surface area contributed by atoms with E-state index in [1.165, 1.54) is 0 Å². The Bertz CT molecular complexity index is 445. The quantitative estimate of drug-likeness (QED) is 0.542. The van der Waals surface area contributed by atoms with E-state index in [1.807, 2.05) is 24.3 Å². The summed E-state index contributed by atoms with van der Waals surface area (Å²) in [5.74, 6) is 0. The molecule has 0 unspecified atom stereocenters. The Labute approximate surface area is 93.8 Å². The second-order valence-electron chi connectivity index (χ2n) is 3.78. The summed E-state index contributed by atoms with van der Waals surface area (Å²) in [6, 6.07) is 10.8. The Morgan fingerprint density at radius 3 is 0.938 bits per heavy atom. The molecule has 0 saturated heterocycles. The van der Waals surface area contributed by atoms with Crippen LogP contribution in [0.3, 0.4) is 0 Å². The van der Waals surface area contributed by atoms with Gasteiger partial charge in [-0.15, -0.1) is 0 Å². The molecule has 0 spiro atoms. The highest BCUT2D eigenvalue weighted by atomic mass is 14.6. The summed E-state index contributed by atoms with van der Waals surface area (Å²) in [4.78, 5) is 0. The smallest absolute Gasteiger partial charge is 0.0340 e. The van der Waals surface area contributed by atoms with E-state index in [0.717, 1.165) is 11.1 Å². The minimum atomic E-state index is 0.621. The van der Waals surface area contributed by atoms with Gasteiger partial charge >= 0.3 is 0 Å². The monoisotopic (exact) mass is 214 g/mol. The van der Waals surface area contributed by atoms with Gasteiger partial charge in [-0.25, -0.2) is 0 Å². The van der Waals surface area contributed by atoms with E-state index in [-0.39, 0.29) is 0 Å². The first-order chi connectivity index (χ1) is 7.54. The van der Waals surface area contributed by atoms with Crippen LogP contribution in [0.25, 0.3) is 11.1 Å². The Kier molecular flexibility index (Phi) is 2.32. The van der Waals surface area contributed by atoms with Crippen LogP contribution < -0.4 is 22.9 Å². The molecule has 0 heterocycles. The molecule has 0 aliphatic rings. The van der Waals surface area contributed by atoms with E-state index in [9.17, 15) is 0 Å². The van der Waals surface area contributed by atoms with Gasteiger partial charge in [-0.05, 0) is 47.5 Å². The van der Waals surface area contributed by atoms with Gasteiger partial charge < -0.3 is 22.9 Å². The molecule has 0 fully saturated rings. The summed E-state index contributed by atoms with van der Waals surface area (Å²) in [5.41, 5.74) is 27.2. The molecule has 0 radical (unpaired) electrons. The van der Waals surface area contributed by atoms with Crippen molar-refractivity contribution in [3.8, 4) is 11.1 Å². The van der Waals surface area contributed by atoms with Crippen molar-refractivity contribution in [2.75, 3.05) is 22.9 Å². The van der Waals surface area contributed by atoms with Crippen molar-refractivity contribution >= 4 is 22.7 Å². The lowest BCUT2D eigenvalue weighted by Gasteiger charge is -2.07. The van der Waals surface area contributed by atoms with Gasteiger partial charge in [-0.1, -0.05) is 0 Å². The molecule has 4 nitrogen and oxygen atoms in total. The first-order valence-corrected chi connectivity index (χ1v) is 4.87. The molecule has 0 saturated carbocycles. The highest BCUT2D eigenvalue weighted by Crippen LogP contribution is 2.28. The molecular weight excluding hydrogens is 200 g/mol. The Morgan fingerprint density at radius 2 is 0.688 bits per heavy atom. The van der Waals surface area contributed by atoms with Gasteiger partial charge in [0.05, 0.1) is 0 Å². The lowest BCUT2D eigenvalue weighted by Crippen LogP contribution is -1.94. The van der Waals surface area contributed by atoms with Crippen LogP contribution in [-0.4, -0.2) is 0 Å². The van der Waals surface area contributed by atoms with Crippen LogP contribution in [0.5, 0.6) is 0 Å². The predicted molar refractivity (Wildman–Crippen MR) is 69.5 cm³/mol. The minimum absolute atomic E-state index is 0.621. The Hall–Kier alpha value is -2.36. The second kappa shape index (κ2) is 3.66. The maximum Gasteiger partial charge on any atom is 0.0340 e. The van der Waals surface area contributed by atoms with Crippen LogP contribution in [0.2, 0.25) is 0 Å². The lowest BCUT2D eigenvalue weighted by molar-refractivity contribution is 1.60. The summed E-state index contributed by atoms with van der Waals surface area (Å²) in [6.07, 6.45) is 0. The molecule has 0 atom stereocenters. The van der Waals surface area contributed by atoms with Gasteiger partial charge in [0.25, 0.3) is 0 Å². The van der Waals surface area contributed by atoms with Crippen LogP contribution >= 0.6 is 0 Å². The summed E-state index contributed by atoms with van der Waals surface area (Å²) < 4.78 is 0. The van der Waals surface area contributed by atoms with Crippen molar-refractivity contribution in [2.24, 2.45) is 0 Å². The lowest BCUT2D eigenvalue weighted by atomic mass is 10.0. The van der Waals surface area contributed by atoms with Gasteiger partial charge in [-0.2, -0.15) is 0 Å². The van der Waals surface area contributed by atoms with Crippen LogP contribution in [-0.2, 0) is 0 Å². The summed E-state index contributed by atoms with van der Waals surface area (Å²) in [5, 5.41) is 0. The van der Waals surface area contributed by atoms with Crippen LogP contribution in [0, 0.1) is 0 Å². The van der Waals surface area contributed by atoms with E-state index in [1.54, 1.807) is 12.1 Å². The van der Waals surface area contributed by atoms with Crippen molar-refractivity contribution in [3.05, 3.63) is 36.4 Å². The SMILES string of the molecule is Nc1cc(N)cc(-c2cc(N)cc(N)c2)c1. The number of rotatable bonds is 1. The largest absolute Gasteiger partial charge is 0.399 e. The minimum Gasteiger partial charge on any atom is -0.399 e. The van der Waals surface area contributed by atoms with Gasteiger partial charge in [0.2, 0.25) is 0 Å². The molecule has 0 bridgehead atoms. The Balaban J connectivity index is 2.57. The fraction of sp³-hybridized carbons (Fsp3) is 0. The molecule has 2 rings (SSSR count). The predicted octanol–water partition coefficient (Wildman–Crippen LogP) is 1.68. The maximum absolute atomic E-state index is 5.73. The molecule has 16 heavy (non-hydrogen) atoms. The van der Waals surface area contributed by atoms with Crippen molar-refractivity contribution in [2.45, 2.75) is 0 Å². The van der Waals surface area contributed by atoms with Gasteiger partial charge in [0.15, 0.2) is 0 Å². The highest BCUT2D eigenvalue weighted by molar-refractivity contribution is 5.77. The van der Waals surface area contributed by atoms with Gasteiger partial charge in [0.1, 0.15) is 0 Å². The molecule has 82 valence electrons. The summed E-state index contributed by atoms with van der Waals surface area (Å²) in [7, 11) is 0. The van der Waals surface area contributed by atoms with Crippen molar-refractivity contribution in [3.63, 3.8) is 0 Å². The van der Waals surface area contributed by atoms with Crippen LogP contribution in [0.15, 0.2) is 36.4 Å². The molecule has 4 heteroatoms. The average molecular weight is 214 g/mol. The zero-order valence-electron chi connectivity index (χ0n) is 8.77. The first kappa shape index (κ1) is 10.2. The average Bonchev–Trinajstić information content (AvgIpc) is 2.14. The first-order valence-electron chi connectivity index (χ1n) is 4.87. The summed E-state index contributed by atoms with van der Waals surface area (Å²) >= 11 is 0. The van der Waals surface area contributed by atoms with E-state index >= 15 is 0 Å². The molecule has 8 N–H and O–H groups in total. The molecular formula is C12H14N4. The highest BCUT2D eigenvalue weighted by Gasteiger charge is 2.02. The van der Waals surface area contributed by atoms with Crippen molar-refractivity contribution < 1.29 is 0 Å².